The minimum atomic E-state index is -1.09. The molecule has 3 N–H and O–H groups in total. The van der Waals surface area contributed by atoms with Gasteiger partial charge in [0, 0.05) is 12.0 Å². The molecule has 0 bridgehead atoms. The van der Waals surface area contributed by atoms with E-state index < -0.39 is 36.2 Å². The molecule has 0 spiro atoms. The lowest BCUT2D eigenvalue weighted by molar-refractivity contribution is -0.138. The maximum absolute atomic E-state index is 13.3. The van der Waals surface area contributed by atoms with Gasteiger partial charge in [0.1, 0.15) is 12.6 Å². The second kappa shape index (κ2) is 13.8. The van der Waals surface area contributed by atoms with Crippen molar-refractivity contribution in [2.75, 3.05) is 6.61 Å². The molecule has 3 aromatic carbocycles. The van der Waals surface area contributed by atoms with Gasteiger partial charge < -0.3 is 25.2 Å². The number of nitrogens with one attached hydrogen (secondary N) is 2. The van der Waals surface area contributed by atoms with Gasteiger partial charge in [0.2, 0.25) is 5.91 Å². The third-order valence-electron chi connectivity index (χ3n) is 7.13. The van der Waals surface area contributed by atoms with Crippen molar-refractivity contribution in [2.24, 2.45) is 0 Å². The number of hydrogen-bond donors (Lipinski definition) is 3. The van der Waals surface area contributed by atoms with E-state index in [0.29, 0.717) is 12.8 Å². The first-order valence-corrected chi connectivity index (χ1v) is 13.7. The molecule has 3 atom stereocenters. The summed E-state index contributed by atoms with van der Waals surface area (Å²) >= 11 is 0. The lowest BCUT2D eigenvalue weighted by atomic mass is 9.98. The summed E-state index contributed by atoms with van der Waals surface area (Å²) in [7, 11) is 0. The maximum Gasteiger partial charge on any atom is 0.407 e. The van der Waals surface area contributed by atoms with Gasteiger partial charge in [-0.25, -0.2) is 4.79 Å². The molecule has 0 heterocycles. The van der Waals surface area contributed by atoms with Gasteiger partial charge in [0.25, 0.3) is 0 Å². The molecule has 4 rings (SSSR count). The summed E-state index contributed by atoms with van der Waals surface area (Å²) in [6.45, 7) is 3.96. The van der Waals surface area contributed by atoms with Crippen LogP contribution < -0.4 is 10.6 Å². The molecule has 0 aliphatic heterocycles. The van der Waals surface area contributed by atoms with Gasteiger partial charge >= 0.3 is 12.1 Å². The molecule has 3 aromatic rings. The predicted octanol–water partition coefficient (Wildman–Crippen LogP) is 5.26. The van der Waals surface area contributed by atoms with E-state index in [-0.39, 0.29) is 25.6 Å². The van der Waals surface area contributed by atoms with Crippen LogP contribution in [0.15, 0.2) is 78.9 Å². The normalized spacial score (nSPS) is 14.3. The number of carbonyl (C=O) groups excluding carboxylic acids is 2. The third kappa shape index (κ3) is 7.27. The van der Waals surface area contributed by atoms with E-state index in [4.69, 9.17) is 9.47 Å². The Kier molecular flexibility index (Phi) is 9.91. The van der Waals surface area contributed by atoms with Gasteiger partial charge in [-0.3, -0.25) is 9.59 Å². The monoisotopic (exact) mass is 544 g/mol. The van der Waals surface area contributed by atoms with Gasteiger partial charge in [-0.15, -0.1) is 0 Å². The summed E-state index contributed by atoms with van der Waals surface area (Å²) in [5, 5.41) is 14.7. The number of benzene rings is 3. The maximum atomic E-state index is 13.3. The molecule has 210 valence electrons. The SMILES string of the molecule is CCC[C@@H](CC(=O)O)NC(=O)C(NC(=O)OCC1c2ccccc2-c2ccccc21)C(C)OCc1ccccc1. The van der Waals surface area contributed by atoms with E-state index in [1.807, 2.05) is 73.7 Å². The van der Waals surface area contributed by atoms with E-state index in [2.05, 4.69) is 22.8 Å². The standard InChI is InChI=1S/C32H36N2O6/c1-3-11-23(18-29(35)36)33-31(37)30(21(2)39-19-22-12-5-4-6-13-22)34-32(38)40-20-28-26-16-9-7-14-24(26)25-15-8-10-17-27(25)28/h4-10,12-17,21,23,28,30H,3,11,18-20H2,1-2H3,(H,33,37)(H,34,38)(H,35,36)/t21?,23-,30?/m0/s1. The fourth-order valence-corrected chi connectivity index (χ4v) is 5.14. The molecular formula is C32H36N2O6. The van der Waals surface area contributed by atoms with E-state index in [1.54, 1.807) is 6.92 Å². The van der Waals surface area contributed by atoms with Gasteiger partial charge in [-0.2, -0.15) is 0 Å². The van der Waals surface area contributed by atoms with Crippen molar-refractivity contribution in [3.8, 4) is 11.1 Å². The van der Waals surface area contributed by atoms with Crippen molar-refractivity contribution in [2.45, 2.75) is 63.8 Å². The van der Waals surface area contributed by atoms with Crippen LogP contribution in [0.4, 0.5) is 4.79 Å². The largest absolute Gasteiger partial charge is 0.481 e. The number of carboxylic acids is 1. The fraction of sp³-hybridized carbons (Fsp3) is 0.344. The summed E-state index contributed by atoms with van der Waals surface area (Å²) in [6.07, 6.45) is -0.482. The number of carbonyl (C=O) groups is 3. The summed E-state index contributed by atoms with van der Waals surface area (Å²) in [6, 6.07) is 23.9. The number of ether oxygens (including phenoxy) is 2. The Balaban J connectivity index is 1.45. The molecular weight excluding hydrogens is 508 g/mol. The molecule has 1 aliphatic rings. The molecule has 2 amide bonds. The summed E-state index contributed by atoms with van der Waals surface area (Å²) in [5.41, 5.74) is 5.33. The quantitative estimate of drug-likeness (QED) is 0.271. The van der Waals surface area contributed by atoms with Gasteiger partial charge in [0.15, 0.2) is 0 Å². The number of fused-ring (bicyclic) bond motifs is 3. The number of amides is 2. The Morgan fingerprint density at radius 2 is 1.48 bits per heavy atom. The molecule has 0 aromatic heterocycles. The lowest BCUT2D eigenvalue weighted by Crippen LogP contribution is -2.55. The number of alkyl carbamates (subject to hydrolysis) is 1. The minimum absolute atomic E-state index is 0.102. The third-order valence-corrected chi connectivity index (χ3v) is 7.13. The van der Waals surface area contributed by atoms with Crippen LogP contribution in [-0.4, -0.2) is 47.9 Å². The highest BCUT2D eigenvalue weighted by molar-refractivity contribution is 5.87. The highest BCUT2D eigenvalue weighted by Gasteiger charge is 2.32. The van der Waals surface area contributed by atoms with Crippen LogP contribution in [0, 0.1) is 0 Å². The van der Waals surface area contributed by atoms with Crippen molar-refractivity contribution in [3.63, 3.8) is 0 Å². The Morgan fingerprint density at radius 3 is 2.08 bits per heavy atom. The average molecular weight is 545 g/mol. The van der Waals surface area contributed by atoms with Crippen LogP contribution in [-0.2, 0) is 25.7 Å². The number of hydrogen-bond acceptors (Lipinski definition) is 5. The topological polar surface area (TPSA) is 114 Å². The summed E-state index contributed by atoms with van der Waals surface area (Å²) < 4.78 is 11.6. The highest BCUT2D eigenvalue weighted by Crippen LogP contribution is 2.44. The van der Waals surface area contributed by atoms with E-state index in [9.17, 15) is 19.5 Å². The Labute approximate surface area is 234 Å². The zero-order valence-corrected chi connectivity index (χ0v) is 22.8. The molecule has 0 saturated carbocycles. The van der Waals surface area contributed by atoms with Crippen molar-refractivity contribution < 1.29 is 29.0 Å². The van der Waals surface area contributed by atoms with Crippen LogP contribution in [0.1, 0.15) is 55.7 Å². The molecule has 8 heteroatoms. The molecule has 0 radical (unpaired) electrons. The van der Waals surface area contributed by atoms with Crippen molar-refractivity contribution in [1.82, 2.24) is 10.6 Å². The Morgan fingerprint density at radius 1 is 0.875 bits per heavy atom. The smallest absolute Gasteiger partial charge is 0.407 e. The number of carboxylic acid groups (broad SMARTS) is 1. The van der Waals surface area contributed by atoms with Gasteiger partial charge in [-0.1, -0.05) is 92.2 Å². The van der Waals surface area contributed by atoms with Crippen LogP contribution >= 0.6 is 0 Å². The summed E-state index contributed by atoms with van der Waals surface area (Å²) in [4.78, 5) is 37.7. The molecule has 1 aliphatic carbocycles. The van der Waals surface area contributed by atoms with Crippen molar-refractivity contribution >= 4 is 18.0 Å². The fourth-order valence-electron chi connectivity index (χ4n) is 5.14. The Bertz CT molecular complexity index is 1270. The highest BCUT2D eigenvalue weighted by atomic mass is 16.5. The van der Waals surface area contributed by atoms with E-state index >= 15 is 0 Å². The lowest BCUT2D eigenvalue weighted by Gasteiger charge is -2.27. The van der Waals surface area contributed by atoms with Crippen LogP contribution in [0.25, 0.3) is 11.1 Å². The van der Waals surface area contributed by atoms with Crippen molar-refractivity contribution in [3.05, 3.63) is 95.6 Å². The first-order chi connectivity index (χ1) is 19.4. The first kappa shape index (κ1) is 28.8. The van der Waals surface area contributed by atoms with Crippen LogP contribution in [0.5, 0.6) is 0 Å². The second-order valence-corrected chi connectivity index (χ2v) is 10.0. The van der Waals surface area contributed by atoms with Crippen LogP contribution in [0.2, 0.25) is 0 Å². The zero-order valence-electron chi connectivity index (χ0n) is 22.8. The van der Waals surface area contributed by atoms with Crippen molar-refractivity contribution in [1.29, 1.82) is 0 Å². The van der Waals surface area contributed by atoms with E-state index in [1.165, 1.54) is 0 Å². The average Bonchev–Trinajstić information content (AvgIpc) is 3.27. The molecule has 0 fully saturated rings. The minimum Gasteiger partial charge on any atom is -0.481 e. The molecule has 40 heavy (non-hydrogen) atoms. The number of rotatable bonds is 13. The predicted molar refractivity (Wildman–Crippen MR) is 152 cm³/mol. The Hall–Kier alpha value is -4.17. The van der Waals surface area contributed by atoms with Gasteiger partial charge in [-0.05, 0) is 41.2 Å². The molecule has 8 nitrogen and oxygen atoms in total. The number of aliphatic carboxylic acids is 1. The molecule has 0 saturated heterocycles. The van der Waals surface area contributed by atoms with E-state index in [0.717, 1.165) is 27.8 Å². The first-order valence-electron chi connectivity index (χ1n) is 13.7. The zero-order chi connectivity index (χ0) is 28.5. The van der Waals surface area contributed by atoms with Gasteiger partial charge in [0.05, 0.1) is 19.1 Å². The van der Waals surface area contributed by atoms with Crippen LogP contribution in [0.3, 0.4) is 0 Å². The molecule has 2 unspecified atom stereocenters. The summed E-state index contributed by atoms with van der Waals surface area (Å²) in [5.74, 6) is -1.65. The second-order valence-electron chi connectivity index (χ2n) is 10.0.